The average Bonchev–Trinajstić information content (AvgIpc) is 2.91. The second-order valence-electron chi connectivity index (χ2n) is 6.23. The van der Waals surface area contributed by atoms with E-state index < -0.39 is 0 Å². The van der Waals surface area contributed by atoms with Crippen LogP contribution in [-0.4, -0.2) is 21.6 Å². The van der Waals surface area contributed by atoms with Crippen LogP contribution in [0.3, 0.4) is 0 Å². The van der Waals surface area contributed by atoms with E-state index in [1.54, 1.807) is 0 Å². The van der Waals surface area contributed by atoms with Crippen LogP contribution >= 0.6 is 0 Å². The largest absolute Gasteiger partial charge is 0.367 e. The highest BCUT2D eigenvalue weighted by molar-refractivity contribution is 5.93. The molecule has 0 fully saturated rings. The van der Waals surface area contributed by atoms with Crippen molar-refractivity contribution in [3.05, 3.63) is 66.1 Å². The molecule has 4 heteroatoms. The van der Waals surface area contributed by atoms with Crippen molar-refractivity contribution in [2.24, 2.45) is 7.05 Å². The number of pyridine rings is 1. The van der Waals surface area contributed by atoms with Crippen molar-refractivity contribution in [1.29, 1.82) is 0 Å². The van der Waals surface area contributed by atoms with Crippen molar-refractivity contribution in [2.75, 3.05) is 11.9 Å². The lowest BCUT2D eigenvalue weighted by molar-refractivity contribution is 0.777. The minimum absolute atomic E-state index is 0.748. The number of fused-ring (bicyclic) bond motifs is 2. The fourth-order valence-electron chi connectivity index (χ4n) is 3.28. The number of hydrogen-bond donors (Lipinski definition) is 0. The topological polar surface area (TPSA) is 34.0 Å². The molecule has 0 atom stereocenters. The minimum atomic E-state index is 0.748. The van der Waals surface area contributed by atoms with Crippen LogP contribution in [0, 0.1) is 6.92 Å². The van der Waals surface area contributed by atoms with Gasteiger partial charge in [0.2, 0.25) is 0 Å². The van der Waals surface area contributed by atoms with Gasteiger partial charge in [0.15, 0.2) is 0 Å². The van der Waals surface area contributed by atoms with Crippen molar-refractivity contribution in [3.8, 4) is 0 Å². The number of anilines is 1. The number of nitrogens with zero attached hydrogens (tertiary/aromatic N) is 4. The normalized spacial score (nSPS) is 11.3. The van der Waals surface area contributed by atoms with Crippen LogP contribution in [0.4, 0.5) is 5.69 Å². The lowest BCUT2D eigenvalue weighted by atomic mass is 10.1. The summed E-state index contributed by atoms with van der Waals surface area (Å²) in [6.45, 7) is 2.85. The van der Waals surface area contributed by atoms with Crippen molar-refractivity contribution in [3.63, 3.8) is 0 Å². The van der Waals surface area contributed by atoms with E-state index in [-0.39, 0.29) is 0 Å². The molecule has 0 saturated carbocycles. The number of hydrogen-bond acceptors (Lipinski definition) is 3. The maximum Gasteiger partial charge on any atom is 0.129 e. The van der Waals surface area contributed by atoms with E-state index in [4.69, 9.17) is 4.98 Å². The Morgan fingerprint density at radius 1 is 1.04 bits per heavy atom. The Morgan fingerprint density at radius 3 is 2.71 bits per heavy atom. The van der Waals surface area contributed by atoms with Gasteiger partial charge in [0.1, 0.15) is 5.82 Å². The minimum Gasteiger partial charge on any atom is -0.367 e. The third kappa shape index (κ3) is 2.31. The standard InChI is InChI=1S/C20H20N4/c1-14-7-6-8-15-17(11-12-21-20(14)15)23(2)13-19-22-16-9-4-5-10-18(16)24(19)3/h4-12H,13H2,1-3H3. The predicted molar refractivity (Wildman–Crippen MR) is 99.3 cm³/mol. The molecule has 0 N–H and O–H groups in total. The summed E-state index contributed by atoms with van der Waals surface area (Å²) in [4.78, 5) is 11.6. The van der Waals surface area contributed by atoms with Gasteiger partial charge in [0.25, 0.3) is 0 Å². The number of para-hydroxylation sites is 3. The number of aromatic nitrogens is 3. The van der Waals surface area contributed by atoms with Crippen molar-refractivity contribution >= 4 is 27.6 Å². The fourth-order valence-corrected chi connectivity index (χ4v) is 3.28. The van der Waals surface area contributed by atoms with E-state index in [0.29, 0.717) is 0 Å². The molecule has 0 aliphatic rings. The smallest absolute Gasteiger partial charge is 0.129 e. The Morgan fingerprint density at radius 2 is 1.88 bits per heavy atom. The first-order chi connectivity index (χ1) is 11.6. The Bertz CT molecular complexity index is 1030. The van der Waals surface area contributed by atoms with Gasteiger partial charge in [-0.3, -0.25) is 4.98 Å². The highest BCUT2D eigenvalue weighted by atomic mass is 15.2. The molecular formula is C20H20N4. The molecule has 2 heterocycles. The van der Waals surface area contributed by atoms with Crippen LogP contribution in [0.5, 0.6) is 0 Å². The summed E-state index contributed by atoms with van der Waals surface area (Å²) in [6.07, 6.45) is 1.89. The third-order valence-corrected chi connectivity index (χ3v) is 4.62. The summed E-state index contributed by atoms with van der Waals surface area (Å²) in [5.41, 5.74) is 5.64. The first kappa shape index (κ1) is 14.7. The molecule has 0 aliphatic heterocycles. The van der Waals surface area contributed by atoms with Crippen LogP contribution < -0.4 is 4.90 Å². The molecular weight excluding hydrogens is 296 g/mol. The van der Waals surface area contributed by atoms with E-state index in [1.807, 2.05) is 12.3 Å². The number of imidazole rings is 1. The second-order valence-corrected chi connectivity index (χ2v) is 6.23. The second kappa shape index (κ2) is 5.64. The quantitative estimate of drug-likeness (QED) is 0.571. The average molecular weight is 316 g/mol. The summed E-state index contributed by atoms with van der Waals surface area (Å²) in [6, 6.07) is 16.6. The predicted octanol–water partition coefficient (Wildman–Crippen LogP) is 4.07. The summed E-state index contributed by atoms with van der Waals surface area (Å²) >= 11 is 0. The Kier molecular flexibility index (Phi) is 3.45. The van der Waals surface area contributed by atoms with Gasteiger partial charge in [-0.2, -0.15) is 0 Å². The van der Waals surface area contributed by atoms with E-state index in [1.165, 1.54) is 16.6 Å². The molecule has 0 aliphatic carbocycles. The van der Waals surface area contributed by atoms with Gasteiger partial charge < -0.3 is 9.47 Å². The van der Waals surface area contributed by atoms with Gasteiger partial charge in [0.05, 0.1) is 23.1 Å². The Hall–Kier alpha value is -2.88. The summed E-state index contributed by atoms with van der Waals surface area (Å²) in [5.74, 6) is 1.05. The van der Waals surface area contributed by atoms with Crippen LogP contribution in [-0.2, 0) is 13.6 Å². The Labute approximate surface area is 141 Å². The molecule has 2 aromatic heterocycles. The highest BCUT2D eigenvalue weighted by Gasteiger charge is 2.12. The lowest BCUT2D eigenvalue weighted by Gasteiger charge is -2.21. The molecule has 0 saturated heterocycles. The van der Waals surface area contributed by atoms with E-state index in [0.717, 1.165) is 28.9 Å². The molecule has 4 aromatic rings. The lowest BCUT2D eigenvalue weighted by Crippen LogP contribution is -2.19. The van der Waals surface area contributed by atoms with Crippen molar-refractivity contribution in [1.82, 2.24) is 14.5 Å². The van der Waals surface area contributed by atoms with E-state index >= 15 is 0 Å². The molecule has 0 radical (unpaired) electrons. The zero-order valence-corrected chi connectivity index (χ0v) is 14.2. The van der Waals surface area contributed by atoms with Crippen molar-refractivity contribution < 1.29 is 0 Å². The molecule has 4 rings (SSSR count). The molecule has 24 heavy (non-hydrogen) atoms. The number of benzene rings is 2. The van der Waals surface area contributed by atoms with Gasteiger partial charge in [-0.25, -0.2) is 4.98 Å². The molecule has 120 valence electrons. The van der Waals surface area contributed by atoms with Crippen molar-refractivity contribution in [2.45, 2.75) is 13.5 Å². The molecule has 0 unspecified atom stereocenters. The van der Waals surface area contributed by atoms with Crippen LogP contribution in [0.2, 0.25) is 0 Å². The summed E-state index contributed by atoms with van der Waals surface area (Å²) in [7, 11) is 4.18. The van der Waals surface area contributed by atoms with E-state index in [9.17, 15) is 0 Å². The van der Waals surface area contributed by atoms with Gasteiger partial charge in [0, 0.05) is 31.4 Å². The monoisotopic (exact) mass is 316 g/mol. The van der Waals surface area contributed by atoms with Gasteiger partial charge in [-0.15, -0.1) is 0 Å². The van der Waals surface area contributed by atoms with E-state index in [2.05, 4.69) is 77.9 Å². The van der Waals surface area contributed by atoms with Gasteiger partial charge in [-0.05, 0) is 30.7 Å². The zero-order chi connectivity index (χ0) is 16.7. The molecule has 0 spiro atoms. The Balaban J connectivity index is 1.75. The van der Waals surface area contributed by atoms with Crippen LogP contribution in [0.25, 0.3) is 21.9 Å². The maximum atomic E-state index is 4.78. The number of aryl methyl sites for hydroxylation is 2. The summed E-state index contributed by atoms with van der Waals surface area (Å²) < 4.78 is 2.17. The molecule has 0 amide bonds. The van der Waals surface area contributed by atoms with Gasteiger partial charge in [-0.1, -0.05) is 30.3 Å². The fraction of sp³-hybridized carbons (Fsp3) is 0.200. The SMILES string of the molecule is Cc1cccc2c(N(C)Cc3nc4ccccc4n3C)ccnc12. The summed E-state index contributed by atoms with van der Waals surface area (Å²) in [5, 5.41) is 1.18. The molecule has 0 bridgehead atoms. The van der Waals surface area contributed by atoms with Crippen LogP contribution in [0.15, 0.2) is 54.7 Å². The zero-order valence-electron chi connectivity index (χ0n) is 14.2. The number of rotatable bonds is 3. The molecule has 4 nitrogen and oxygen atoms in total. The third-order valence-electron chi connectivity index (χ3n) is 4.62. The molecule has 2 aromatic carbocycles. The highest BCUT2D eigenvalue weighted by Crippen LogP contribution is 2.27. The first-order valence-electron chi connectivity index (χ1n) is 8.11. The maximum absolute atomic E-state index is 4.78. The first-order valence-corrected chi connectivity index (χ1v) is 8.11. The van der Waals surface area contributed by atoms with Crippen LogP contribution in [0.1, 0.15) is 11.4 Å². The van der Waals surface area contributed by atoms with Gasteiger partial charge >= 0.3 is 0 Å².